The van der Waals surface area contributed by atoms with Gasteiger partial charge in [-0.1, -0.05) is 60.7 Å². The first-order valence-electron chi connectivity index (χ1n) is 10.4. The number of hydrogen-bond acceptors (Lipinski definition) is 6. The molecule has 6 nitrogen and oxygen atoms in total. The van der Waals surface area contributed by atoms with Crippen LogP contribution in [0, 0.1) is 0 Å². The van der Waals surface area contributed by atoms with E-state index in [1.54, 1.807) is 0 Å². The number of nitrogens with zero attached hydrogens (tertiary/aromatic N) is 1. The molecule has 0 saturated carbocycles. The van der Waals surface area contributed by atoms with Gasteiger partial charge in [0.05, 0.1) is 13.2 Å². The molecule has 0 aliphatic carbocycles. The average molecular weight is 419 g/mol. The van der Waals surface area contributed by atoms with Gasteiger partial charge in [0.2, 0.25) is 6.10 Å². The van der Waals surface area contributed by atoms with Gasteiger partial charge in [0.25, 0.3) is 6.47 Å². The molecule has 1 aliphatic rings. The number of carbonyl (C=O) groups is 2. The van der Waals surface area contributed by atoms with E-state index in [0.29, 0.717) is 19.7 Å². The lowest BCUT2D eigenvalue weighted by atomic mass is 9.97. The van der Waals surface area contributed by atoms with Gasteiger partial charge in [-0.25, -0.2) is 4.79 Å². The van der Waals surface area contributed by atoms with Crippen molar-refractivity contribution in [3.8, 4) is 0 Å². The normalized spacial score (nSPS) is 14.8. The van der Waals surface area contributed by atoms with Gasteiger partial charge < -0.3 is 19.1 Å². The van der Waals surface area contributed by atoms with E-state index in [-0.39, 0.29) is 13.0 Å². The smallest absolute Gasteiger partial charge is 0.348 e. The molecule has 1 aliphatic heterocycles. The van der Waals surface area contributed by atoms with E-state index in [2.05, 4.69) is 17.0 Å². The Bertz CT molecular complexity index is 1030. The van der Waals surface area contributed by atoms with Crippen LogP contribution < -0.4 is 4.90 Å². The Balaban J connectivity index is 1.55. The minimum atomic E-state index is -1.00. The van der Waals surface area contributed by atoms with Crippen LogP contribution in [0.15, 0.2) is 66.7 Å². The summed E-state index contributed by atoms with van der Waals surface area (Å²) in [6.07, 6.45) is -0.755. The third kappa shape index (κ3) is 5.03. The van der Waals surface area contributed by atoms with Crippen LogP contribution in [-0.2, 0) is 36.8 Å². The molecule has 0 radical (unpaired) electrons. The Morgan fingerprint density at radius 1 is 0.968 bits per heavy atom. The predicted octanol–water partition coefficient (Wildman–Crippen LogP) is 3.50. The molecule has 1 unspecified atom stereocenters. The lowest BCUT2D eigenvalue weighted by Crippen LogP contribution is -2.36. The average Bonchev–Trinajstić information content (AvgIpc) is 2.83. The lowest BCUT2D eigenvalue weighted by Gasteiger charge is -2.30. The van der Waals surface area contributed by atoms with Gasteiger partial charge in [0, 0.05) is 30.6 Å². The molecule has 0 spiro atoms. The number of carbonyl (C=O) groups excluding carboxylic acids is 2. The Labute approximate surface area is 181 Å². The first-order chi connectivity index (χ1) is 15.3. The van der Waals surface area contributed by atoms with Crippen LogP contribution >= 0.6 is 0 Å². The second-order valence-electron chi connectivity index (χ2n) is 7.41. The number of rotatable bonds is 8. The van der Waals surface area contributed by atoms with Crippen LogP contribution in [-0.4, -0.2) is 44.8 Å². The van der Waals surface area contributed by atoms with Crippen molar-refractivity contribution in [2.75, 3.05) is 31.2 Å². The third-order valence-corrected chi connectivity index (χ3v) is 5.46. The van der Waals surface area contributed by atoms with Gasteiger partial charge >= 0.3 is 5.97 Å². The molecule has 1 fully saturated rings. The van der Waals surface area contributed by atoms with Crippen LogP contribution in [0.25, 0.3) is 10.8 Å². The Morgan fingerprint density at radius 2 is 1.68 bits per heavy atom. The zero-order valence-electron chi connectivity index (χ0n) is 17.2. The fraction of sp³-hybridized carbons (Fsp3) is 0.280. The zero-order chi connectivity index (χ0) is 21.5. The number of hydrogen-bond donors (Lipinski definition) is 0. The highest BCUT2D eigenvalue weighted by Gasteiger charge is 2.24. The number of fused-ring (bicyclic) bond motifs is 1. The highest BCUT2D eigenvalue weighted by Crippen LogP contribution is 2.31. The van der Waals surface area contributed by atoms with Crippen LogP contribution in [0.4, 0.5) is 5.69 Å². The van der Waals surface area contributed by atoms with Gasteiger partial charge in [0.15, 0.2) is 0 Å². The third-order valence-electron chi connectivity index (χ3n) is 5.46. The first kappa shape index (κ1) is 20.9. The fourth-order valence-corrected chi connectivity index (χ4v) is 3.88. The zero-order valence-corrected chi connectivity index (χ0v) is 17.2. The van der Waals surface area contributed by atoms with E-state index < -0.39 is 12.1 Å². The van der Waals surface area contributed by atoms with Crippen LogP contribution in [0.3, 0.4) is 0 Å². The Hall–Kier alpha value is -3.38. The van der Waals surface area contributed by atoms with Crippen molar-refractivity contribution in [1.29, 1.82) is 0 Å². The summed E-state index contributed by atoms with van der Waals surface area (Å²) < 4.78 is 16.0. The maximum atomic E-state index is 12.6. The maximum absolute atomic E-state index is 12.6. The van der Waals surface area contributed by atoms with Crippen molar-refractivity contribution in [1.82, 2.24) is 0 Å². The Kier molecular flexibility index (Phi) is 6.79. The second kappa shape index (κ2) is 10.1. The quantitative estimate of drug-likeness (QED) is 0.411. The number of benzene rings is 3. The monoisotopic (exact) mass is 419 g/mol. The molecule has 4 rings (SSSR count). The van der Waals surface area contributed by atoms with Crippen molar-refractivity contribution in [2.24, 2.45) is 0 Å². The predicted molar refractivity (Wildman–Crippen MR) is 118 cm³/mol. The minimum absolute atomic E-state index is 0.134. The van der Waals surface area contributed by atoms with E-state index in [1.165, 1.54) is 0 Å². The van der Waals surface area contributed by atoms with Crippen LogP contribution in [0.1, 0.15) is 11.1 Å². The molecular weight excluding hydrogens is 394 g/mol. The molecule has 0 aromatic heterocycles. The summed E-state index contributed by atoms with van der Waals surface area (Å²) in [6.45, 7) is 3.53. The first-order valence-corrected chi connectivity index (χ1v) is 10.4. The van der Waals surface area contributed by atoms with Crippen molar-refractivity contribution in [3.63, 3.8) is 0 Å². The second-order valence-corrected chi connectivity index (χ2v) is 7.41. The molecule has 160 valence electrons. The van der Waals surface area contributed by atoms with Crippen molar-refractivity contribution >= 4 is 28.9 Å². The highest BCUT2D eigenvalue weighted by atomic mass is 16.6. The summed E-state index contributed by atoms with van der Waals surface area (Å²) in [4.78, 5) is 26.0. The maximum Gasteiger partial charge on any atom is 0.348 e. The molecule has 1 saturated heterocycles. The largest absolute Gasteiger partial charge is 0.458 e. The summed E-state index contributed by atoms with van der Waals surface area (Å²) in [6, 6.07) is 21.6. The van der Waals surface area contributed by atoms with Crippen LogP contribution in [0.2, 0.25) is 0 Å². The molecule has 0 amide bonds. The van der Waals surface area contributed by atoms with Crippen molar-refractivity contribution < 1.29 is 23.8 Å². The topological polar surface area (TPSA) is 65.1 Å². The van der Waals surface area contributed by atoms with Gasteiger partial charge in [0.1, 0.15) is 6.61 Å². The summed E-state index contributed by atoms with van der Waals surface area (Å²) >= 11 is 0. The van der Waals surface area contributed by atoms with Crippen molar-refractivity contribution in [3.05, 3.63) is 77.9 Å². The van der Waals surface area contributed by atoms with Gasteiger partial charge in [-0.2, -0.15) is 0 Å². The summed E-state index contributed by atoms with van der Waals surface area (Å²) in [5, 5.41) is 2.13. The lowest BCUT2D eigenvalue weighted by molar-refractivity contribution is -0.162. The van der Waals surface area contributed by atoms with E-state index in [9.17, 15) is 9.59 Å². The molecule has 31 heavy (non-hydrogen) atoms. The molecule has 3 aromatic carbocycles. The number of ether oxygens (including phenoxy) is 3. The molecule has 1 atom stereocenters. The summed E-state index contributed by atoms with van der Waals surface area (Å²) in [7, 11) is 0. The van der Waals surface area contributed by atoms with Crippen LogP contribution in [0.5, 0.6) is 0 Å². The minimum Gasteiger partial charge on any atom is -0.458 e. The molecule has 0 N–H and O–H groups in total. The SMILES string of the molecule is O=COC(Cc1ccc(N2CCOCC2)c2ccccc12)C(=O)OCc1ccccc1. The van der Waals surface area contributed by atoms with Gasteiger partial charge in [-0.05, 0) is 22.6 Å². The van der Waals surface area contributed by atoms with E-state index >= 15 is 0 Å². The Morgan fingerprint density at radius 3 is 2.42 bits per heavy atom. The molecular formula is C25H25NO5. The number of esters is 1. The molecule has 6 heteroatoms. The van der Waals surface area contributed by atoms with E-state index in [1.807, 2.05) is 54.6 Å². The number of morpholine rings is 1. The summed E-state index contributed by atoms with van der Waals surface area (Å²) in [5.41, 5.74) is 2.94. The highest BCUT2D eigenvalue weighted by molar-refractivity contribution is 5.97. The van der Waals surface area contributed by atoms with Crippen molar-refractivity contribution in [2.45, 2.75) is 19.1 Å². The summed E-state index contributed by atoms with van der Waals surface area (Å²) in [5.74, 6) is -0.558. The van der Waals surface area contributed by atoms with Gasteiger partial charge in [-0.15, -0.1) is 0 Å². The van der Waals surface area contributed by atoms with E-state index in [4.69, 9.17) is 14.2 Å². The number of anilines is 1. The molecule has 1 heterocycles. The fourth-order valence-electron chi connectivity index (χ4n) is 3.88. The standard InChI is InChI=1S/C25H25NO5/c27-18-31-24(25(28)30-17-19-6-2-1-3-7-19)16-20-10-11-23(26-12-14-29-15-13-26)22-9-5-4-8-21(20)22/h1-11,18,24H,12-17H2. The van der Waals surface area contributed by atoms with Gasteiger partial charge in [-0.3, -0.25) is 4.79 Å². The molecule has 3 aromatic rings. The molecule has 0 bridgehead atoms. The van der Waals surface area contributed by atoms with E-state index in [0.717, 1.165) is 40.7 Å².